The molecule has 0 saturated carbocycles. The molecule has 0 radical (unpaired) electrons. The molecule has 5 nitrogen and oxygen atoms in total. The quantitative estimate of drug-likeness (QED) is 0.806. The molecule has 1 heterocycles. The number of nitrogens with one attached hydrogen (secondary N) is 1. The van der Waals surface area contributed by atoms with E-state index >= 15 is 0 Å². The van der Waals surface area contributed by atoms with Crippen LogP contribution in [0.4, 0.5) is 0 Å². The van der Waals surface area contributed by atoms with Crippen molar-refractivity contribution in [3.8, 4) is 0 Å². The minimum Gasteiger partial charge on any atom is -0.443 e. The molecule has 8 heteroatoms. The van der Waals surface area contributed by atoms with Crippen molar-refractivity contribution in [1.29, 1.82) is 0 Å². The summed E-state index contributed by atoms with van der Waals surface area (Å²) in [6, 6.07) is 1.10. The van der Waals surface area contributed by atoms with E-state index in [2.05, 4.69) is 21.2 Å². The molecule has 19 heavy (non-hydrogen) atoms. The Morgan fingerprint density at radius 3 is 2.47 bits per heavy atom. The number of amides is 1. The second kappa shape index (κ2) is 6.28. The predicted molar refractivity (Wildman–Crippen MR) is 75.8 cm³/mol. The molecule has 1 atom stereocenters. The maximum atomic E-state index is 11.9. The Kier molecular flexibility index (Phi) is 5.46. The summed E-state index contributed by atoms with van der Waals surface area (Å²) in [5.74, 6) is -0.290. The molecule has 0 aliphatic heterocycles. The van der Waals surface area contributed by atoms with Gasteiger partial charge in [-0.05, 0) is 28.3 Å². The Morgan fingerprint density at radius 2 is 2.11 bits per heavy atom. The Bertz CT molecular complexity index is 567. The van der Waals surface area contributed by atoms with Gasteiger partial charge >= 0.3 is 0 Å². The van der Waals surface area contributed by atoms with E-state index in [0.717, 1.165) is 12.5 Å². The van der Waals surface area contributed by atoms with Crippen LogP contribution in [-0.2, 0) is 9.05 Å². The molecular formula is C11H15BrClNO4S. The van der Waals surface area contributed by atoms with Gasteiger partial charge in [0.05, 0.1) is 0 Å². The molecule has 0 aliphatic rings. The van der Waals surface area contributed by atoms with Crippen LogP contribution in [0.15, 0.2) is 20.0 Å². The molecule has 0 spiro atoms. The van der Waals surface area contributed by atoms with E-state index in [0.29, 0.717) is 0 Å². The first-order chi connectivity index (χ1) is 8.66. The second-order valence-electron chi connectivity index (χ2n) is 4.42. The zero-order chi connectivity index (χ0) is 14.8. The van der Waals surface area contributed by atoms with Crippen molar-refractivity contribution in [3.63, 3.8) is 0 Å². The van der Waals surface area contributed by atoms with Crippen molar-refractivity contribution in [3.05, 3.63) is 16.5 Å². The van der Waals surface area contributed by atoms with E-state index in [1.165, 1.54) is 0 Å². The fourth-order valence-electron chi connectivity index (χ4n) is 1.61. The van der Waals surface area contributed by atoms with Crippen LogP contribution in [0, 0.1) is 5.92 Å². The lowest BCUT2D eigenvalue weighted by Gasteiger charge is -2.19. The third kappa shape index (κ3) is 4.22. The number of furan rings is 1. The van der Waals surface area contributed by atoms with E-state index in [4.69, 9.17) is 15.1 Å². The van der Waals surface area contributed by atoms with Crippen molar-refractivity contribution in [2.45, 2.75) is 38.1 Å². The third-order valence-corrected chi connectivity index (χ3v) is 4.88. The number of hydrogen-bond acceptors (Lipinski definition) is 4. The molecule has 1 rings (SSSR count). The summed E-state index contributed by atoms with van der Waals surface area (Å²) in [6.07, 6.45) is 0.770. The molecule has 1 aromatic rings. The first kappa shape index (κ1) is 16.5. The van der Waals surface area contributed by atoms with Crippen LogP contribution in [0.3, 0.4) is 0 Å². The van der Waals surface area contributed by atoms with Gasteiger partial charge in [0.25, 0.3) is 15.0 Å². The zero-order valence-electron chi connectivity index (χ0n) is 10.7. The maximum Gasteiger partial charge on any atom is 0.287 e. The lowest BCUT2D eigenvalue weighted by atomic mass is 10.0. The Morgan fingerprint density at radius 1 is 1.53 bits per heavy atom. The van der Waals surface area contributed by atoms with Gasteiger partial charge in [-0.25, -0.2) is 8.42 Å². The van der Waals surface area contributed by atoms with Gasteiger partial charge in [0.2, 0.25) is 0 Å². The molecule has 0 aromatic carbocycles. The Labute approximate surface area is 125 Å². The summed E-state index contributed by atoms with van der Waals surface area (Å²) >= 11 is 2.92. The molecule has 0 bridgehead atoms. The van der Waals surface area contributed by atoms with Crippen molar-refractivity contribution in [2.75, 3.05) is 0 Å². The SMILES string of the molecule is CCC(NC(=O)c1cc(S(=O)(=O)Cl)c(Br)o1)C(C)C. The molecule has 1 aromatic heterocycles. The Hall–Kier alpha value is -0.530. The molecule has 1 N–H and O–H groups in total. The van der Waals surface area contributed by atoms with Gasteiger partial charge in [0.15, 0.2) is 10.4 Å². The van der Waals surface area contributed by atoms with Crippen LogP contribution in [0.1, 0.15) is 37.7 Å². The van der Waals surface area contributed by atoms with Crippen LogP contribution in [0.2, 0.25) is 0 Å². The lowest BCUT2D eigenvalue weighted by molar-refractivity contribution is 0.0895. The normalized spacial score (nSPS) is 13.6. The van der Waals surface area contributed by atoms with Crippen LogP contribution in [0.25, 0.3) is 0 Å². The summed E-state index contributed by atoms with van der Waals surface area (Å²) in [7, 11) is 1.27. The minimum atomic E-state index is -3.94. The molecule has 0 saturated heterocycles. The molecular weight excluding hydrogens is 358 g/mol. The number of carbonyl (C=O) groups excluding carboxylic acids is 1. The molecule has 0 fully saturated rings. The van der Waals surface area contributed by atoms with E-state index in [1.54, 1.807) is 0 Å². The lowest BCUT2D eigenvalue weighted by Crippen LogP contribution is -2.37. The summed E-state index contributed by atoms with van der Waals surface area (Å²) in [5.41, 5.74) is 0. The van der Waals surface area contributed by atoms with E-state index in [1.807, 2.05) is 20.8 Å². The van der Waals surface area contributed by atoms with Gasteiger partial charge in [-0.2, -0.15) is 0 Å². The van der Waals surface area contributed by atoms with Gasteiger partial charge in [0, 0.05) is 22.8 Å². The number of carbonyl (C=O) groups is 1. The van der Waals surface area contributed by atoms with E-state index in [-0.39, 0.29) is 27.3 Å². The van der Waals surface area contributed by atoms with Crippen molar-refractivity contribution in [2.24, 2.45) is 5.92 Å². The van der Waals surface area contributed by atoms with E-state index in [9.17, 15) is 13.2 Å². The van der Waals surface area contributed by atoms with Crippen LogP contribution >= 0.6 is 26.6 Å². The molecule has 1 amide bonds. The fourth-order valence-corrected chi connectivity index (χ4v) is 3.64. The summed E-state index contributed by atoms with van der Waals surface area (Å²) < 4.78 is 27.4. The minimum absolute atomic E-state index is 0.00701. The number of hydrogen-bond donors (Lipinski definition) is 1. The first-order valence-electron chi connectivity index (χ1n) is 5.71. The average molecular weight is 373 g/mol. The maximum absolute atomic E-state index is 11.9. The fraction of sp³-hybridized carbons (Fsp3) is 0.545. The monoisotopic (exact) mass is 371 g/mol. The smallest absolute Gasteiger partial charge is 0.287 e. The standard InChI is InChI=1S/C11H15BrClNO4S/c1-4-7(6(2)3)14-11(15)8-5-9(10(12)18-8)19(13,16)17/h5-7H,4H2,1-3H3,(H,14,15). The van der Waals surface area contributed by atoms with Crippen LogP contribution in [-0.4, -0.2) is 20.4 Å². The van der Waals surface area contributed by atoms with Crippen molar-refractivity contribution < 1.29 is 17.6 Å². The van der Waals surface area contributed by atoms with Crippen LogP contribution < -0.4 is 5.32 Å². The van der Waals surface area contributed by atoms with E-state index < -0.39 is 15.0 Å². The van der Waals surface area contributed by atoms with Crippen LogP contribution in [0.5, 0.6) is 0 Å². The first-order valence-corrected chi connectivity index (χ1v) is 8.81. The largest absolute Gasteiger partial charge is 0.443 e. The predicted octanol–water partition coefficient (Wildman–Crippen LogP) is 3.13. The summed E-state index contributed by atoms with van der Waals surface area (Å²) in [4.78, 5) is 11.7. The van der Waals surface area contributed by atoms with Gasteiger partial charge in [-0.15, -0.1) is 0 Å². The Balaban J connectivity index is 2.96. The highest BCUT2D eigenvalue weighted by Gasteiger charge is 2.24. The van der Waals surface area contributed by atoms with Gasteiger partial charge < -0.3 is 9.73 Å². The highest BCUT2D eigenvalue weighted by molar-refractivity contribution is 9.10. The summed E-state index contributed by atoms with van der Waals surface area (Å²) in [5, 5.41) is 2.78. The van der Waals surface area contributed by atoms with Crippen molar-refractivity contribution >= 4 is 41.6 Å². The average Bonchev–Trinajstić information content (AvgIpc) is 2.67. The molecule has 108 valence electrons. The topological polar surface area (TPSA) is 76.4 Å². The molecule has 1 unspecified atom stereocenters. The van der Waals surface area contributed by atoms with Crippen molar-refractivity contribution in [1.82, 2.24) is 5.32 Å². The van der Waals surface area contributed by atoms with Gasteiger partial charge in [0.1, 0.15) is 4.90 Å². The van der Waals surface area contributed by atoms with Gasteiger partial charge in [-0.1, -0.05) is 20.8 Å². The second-order valence-corrected chi connectivity index (χ2v) is 7.67. The third-order valence-electron chi connectivity index (χ3n) is 2.70. The molecule has 0 aliphatic carbocycles. The summed E-state index contributed by atoms with van der Waals surface area (Å²) in [6.45, 7) is 5.93. The number of halogens is 2. The highest BCUT2D eigenvalue weighted by atomic mass is 79.9. The highest BCUT2D eigenvalue weighted by Crippen LogP contribution is 2.28. The van der Waals surface area contributed by atoms with Gasteiger partial charge in [-0.3, -0.25) is 4.79 Å². The number of rotatable bonds is 5. The zero-order valence-corrected chi connectivity index (χ0v) is 13.9.